The lowest BCUT2D eigenvalue weighted by Crippen LogP contribution is -2.15. The summed E-state index contributed by atoms with van der Waals surface area (Å²) in [6, 6.07) is 9.70. The Morgan fingerprint density at radius 2 is 1.96 bits per heavy atom. The monoisotopic (exact) mass is 374 g/mol. The van der Waals surface area contributed by atoms with E-state index in [2.05, 4.69) is 15.2 Å². The third-order valence-corrected chi connectivity index (χ3v) is 6.79. The van der Waals surface area contributed by atoms with Crippen LogP contribution in [0.3, 0.4) is 0 Å². The van der Waals surface area contributed by atoms with Gasteiger partial charge < -0.3 is 0 Å². The molecule has 0 saturated heterocycles. The minimum atomic E-state index is -3.60. The average Bonchev–Trinajstić information content (AvgIpc) is 3.23. The molecule has 2 aromatic heterocycles. The molecule has 0 atom stereocenters. The first-order chi connectivity index (χ1) is 12.0. The van der Waals surface area contributed by atoms with E-state index >= 15 is 0 Å². The molecule has 1 aliphatic carbocycles. The summed E-state index contributed by atoms with van der Waals surface area (Å²) in [7, 11) is -3.60. The molecule has 0 radical (unpaired) electrons. The van der Waals surface area contributed by atoms with Crippen molar-refractivity contribution >= 4 is 21.2 Å². The van der Waals surface area contributed by atoms with Crippen LogP contribution in [0.25, 0.3) is 0 Å². The maximum atomic E-state index is 12.9. The van der Waals surface area contributed by atoms with Crippen LogP contribution in [-0.4, -0.2) is 28.2 Å². The fourth-order valence-electron chi connectivity index (χ4n) is 2.71. The molecule has 0 N–H and O–H groups in total. The van der Waals surface area contributed by atoms with Gasteiger partial charge in [-0.1, -0.05) is 30.3 Å². The molecule has 0 aliphatic heterocycles. The number of hydrogen-bond donors (Lipinski definition) is 0. The Morgan fingerprint density at radius 3 is 2.68 bits per heavy atom. The van der Waals surface area contributed by atoms with Crippen LogP contribution >= 0.6 is 11.3 Å². The van der Waals surface area contributed by atoms with Gasteiger partial charge in [0, 0.05) is 11.3 Å². The zero-order valence-corrected chi connectivity index (χ0v) is 15.4. The molecule has 6 nitrogen and oxygen atoms in total. The van der Waals surface area contributed by atoms with Crippen molar-refractivity contribution in [2.75, 3.05) is 0 Å². The molecule has 0 bridgehead atoms. The summed E-state index contributed by atoms with van der Waals surface area (Å²) >= 11 is 1.55. The van der Waals surface area contributed by atoms with Gasteiger partial charge in [0.15, 0.2) is 0 Å². The van der Waals surface area contributed by atoms with Crippen LogP contribution in [0.2, 0.25) is 0 Å². The van der Waals surface area contributed by atoms with Gasteiger partial charge in [0.25, 0.3) is 0 Å². The third kappa shape index (κ3) is 3.50. The molecule has 4 rings (SSSR count). The van der Waals surface area contributed by atoms with Crippen molar-refractivity contribution in [3.8, 4) is 0 Å². The minimum absolute atomic E-state index is 0.00910. The molecule has 8 heteroatoms. The van der Waals surface area contributed by atoms with Crippen LogP contribution in [0.5, 0.6) is 0 Å². The third-order valence-electron chi connectivity index (χ3n) is 4.20. The maximum Gasteiger partial charge on any atom is 0.250 e. The molecule has 2 heterocycles. The van der Waals surface area contributed by atoms with Crippen molar-refractivity contribution in [3.05, 3.63) is 57.8 Å². The van der Waals surface area contributed by atoms with Gasteiger partial charge in [-0.3, -0.25) is 4.57 Å². The van der Waals surface area contributed by atoms with Crippen molar-refractivity contribution in [1.82, 2.24) is 19.7 Å². The van der Waals surface area contributed by atoms with Crippen LogP contribution in [0.15, 0.2) is 40.9 Å². The quantitative estimate of drug-likeness (QED) is 0.663. The van der Waals surface area contributed by atoms with Gasteiger partial charge in [0.2, 0.25) is 15.0 Å². The summed E-state index contributed by atoms with van der Waals surface area (Å²) in [5.41, 5.74) is 1.60. The molecule has 1 fully saturated rings. The molecule has 25 heavy (non-hydrogen) atoms. The highest BCUT2D eigenvalue weighted by atomic mass is 32.2. The molecule has 1 saturated carbocycles. The Labute approximate surface area is 150 Å². The van der Waals surface area contributed by atoms with Crippen LogP contribution < -0.4 is 0 Å². The number of sulfone groups is 1. The lowest BCUT2D eigenvalue weighted by atomic mass is 10.2. The zero-order valence-electron chi connectivity index (χ0n) is 13.8. The van der Waals surface area contributed by atoms with Crippen molar-refractivity contribution in [2.24, 2.45) is 0 Å². The minimum Gasteiger partial charge on any atom is -0.298 e. The van der Waals surface area contributed by atoms with Crippen LogP contribution in [0, 0.1) is 6.92 Å². The molecule has 0 unspecified atom stereocenters. The summed E-state index contributed by atoms with van der Waals surface area (Å²) in [6.07, 6.45) is 2.31. The van der Waals surface area contributed by atoms with Crippen molar-refractivity contribution in [2.45, 2.75) is 43.1 Å². The number of thiazole rings is 1. The van der Waals surface area contributed by atoms with Crippen molar-refractivity contribution in [1.29, 1.82) is 0 Å². The first-order valence-corrected chi connectivity index (χ1v) is 10.7. The van der Waals surface area contributed by atoms with Crippen LogP contribution in [0.4, 0.5) is 0 Å². The van der Waals surface area contributed by atoms with Gasteiger partial charge in [-0.2, -0.15) is 0 Å². The average molecular weight is 374 g/mol. The summed E-state index contributed by atoms with van der Waals surface area (Å²) in [6.45, 7) is 2.20. The molecular weight excluding hydrogens is 356 g/mol. The predicted octanol–water partition coefficient (Wildman–Crippen LogP) is 2.94. The normalized spacial score (nSPS) is 14.8. The van der Waals surface area contributed by atoms with E-state index in [1.165, 1.54) is 0 Å². The number of nitrogens with zero attached hydrogens (tertiary/aromatic N) is 4. The van der Waals surface area contributed by atoms with E-state index in [-0.39, 0.29) is 10.9 Å². The van der Waals surface area contributed by atoms with Gasteiger partial charge in [0.05, 0.1) is 17.2 Å². The van der Waals surface area contributed by atoms with E-state index < -0.39 is 9.84 Å². The molecule has 1 aromatic carbocycles. The number of rotatable bonds is 6. The number of aromatic nitrogens is 4. The molecule has 130 valence electrons. The fraction of sp³-hybridized carbons (Fsp3) is 0.353. The molecule has 1 aliphatic rings. The van der Waals surface area contributed by atoms with Gasteiger partial charge >= 0.3 is 0 Å². The van der Waals surface area contributed by atoms with Gasteiger partial charge in [-0.05, 0) is 25.3 Å². The van der Waals surface area contributed by atoms with E-state index in [1.807, 2.05) is 35.7 Å². The second-order valence-electron chi connectivity index (χ2n) is 6.31. The van der Waals surface area contributed by atoms with E-state index in [4.69, 9.17) is 0 Å². The molecule has 0 spiro atoms. The Hall–Kier alpha value is -2.06. The SMILES string of the molecule is Cc1nnc(S(=O)(=O)Cc2csc(C3CC3)n2)n1Cc1ccccc1. The Bertz CT molecular complexity index is 989. The first kappa shape index (κ1) is 16.4. The van der Waals surface area contributed by atoms with E-state index in [1.54, 1.807) is 22.8 Å². The smallest absolute Gasteiger partial charge is 0.250 e. The lowest BCUT2D eigenvalue weighted by Gasteiger charge is -2.09. The van der Waals surface area contributed by atoms with Gasteiger partial charge in [-0.25, -0.2) is 13.4 Å². The van der Waals surface area contributed by atoms with E-state index in [0.717, 1.165) is 23.4 Å². The Balaban J connectivity index is 1.61. The van der Waals surface area contributed by atoms with Gasteiger partial charge in [-0.15, -0.1) is 21.5 Å². The first-order valence-electron chi connectivity index (χ1n) is 8.14. The standard InChI is InChI=1S/C17H18N4O2S2/c1-12-19-20-17(21(12)9-13-5-3-2-4-6-13)25(22,23)11-15-10-24-16(18-15)14-7-8-14/h2-6,10,14H,7-9,11H2,1H3. The second kappa shape index (κ2) is 6.34. The van der Waals surface area contributed by atoms with Gasteiger partial charge in [0.1, 0.15) is 11.6 Å². The number of aryl methyl sites for hydroxylation is 1. The van der Waals surface area contributed by atoms with Crippen LogP contribution in [-0.2, 0) is 22.1 Å². The molecule has 3 aromatic rings. The largest absolute Gasteiger partial charge is 0.298 e. The summed E-state index contributed by atoms with van der Waals surface area (Å²) < 4.78 is 27.4. The molecular formula is C17H18N4O2S2. The molecule has 0 amide bonds. The maximum absolute atomic E-state index is 12.9. The summed E-state index contributed by atoms with van der Waals surface area (Å²) in [5, 5.41) is 10.8. The number of benzene rings is 1. The predicted molar refractivity (Wildman–Crippen MR) is 95.3 cm³/mol. The van der Waals surface area contributed by atoms with E-state index in [0.29, 0.717) is 24.0 Å². The second-order valence-corrected chi connectivity index (χ2v) is 9.08. The number of hydrogen-bond acceptors (Lipinski definition) is 6. The highest BCUT2D eigenvalue weighted by Gasteiger charge is 2.29. The van der Waals surface area contributed by atoms with Crippen molar-refractivity contribution < 1.29 is 8.42 Å². The topological polar surface area (TPSA) is 77.7 Å². The Kier molecular flexibility index (Phi) is 4.16. The summed E-state index contributed by atoms with van der Waals surface area (Å²) in [4.78, 5) is 4.49. The van der Waals surface area contributed by atoms with Crippen molar-refractivity contribution in [3.63, 3.8) is 0 Å². The van der Waals surface area contributed by atoms with E-state index in [9.17, 15) is 8.42 Å². The summed E-state index contributed by atoms with van der Waals surface area (Å²) in [5.74, 6) is 0.980. The zero-order chi connectivity index (χ0) is 17.4. The fourth-order valence-corrected chi connectivity index (χ4v) is 5.17. The highest BCUT2D eigenvalue weighted by molar-refractivity contribution is 7.90. The lowest BCUT2D eigenvalue weighted by molar-refractivity contribution is 0.568. The Morgan fingerprint density at radius 1 is 1.20 bits per heavy atom. The van der Waals surface area contributed by atoms with Crippen LogP contribution in [0.1, 0.15) is 40.8 Å². The highest BCUT2D eigenvalue weighted by Crippen LogP contribution is 2.41.